The van der Waals surface area contributed by atoms with Crippen molar-refractivity contribution in [2.75, 3.05) is 13.2 Å². The highest BCUT2D eigenvalue weighted by atomic mass is 16.5. The number of rotatable bonds is 7. The van der Waals surface area contributed by atoms with Gasteiger partial charge in [0.25, 0.3) is 0 Å². The van der Waals surface area contributed by atoms with E-state index >= 15 is 0 Å². The molecular formula is C16H23NO3. The highest BCUT2D eigenvalue weighted by Crippen LogP contribution is 2.20. The van der Waals surface area contributed by atoms with Gasteiger partial charge >= 0.3 is 0 Å². The van der Waals surface area contributed by atoms with Gasteiger partial charge < -0.3 is 14.8 Å². The molecule has 2 rings (SSSR count). The van der Waals surface area contributed by atoms with Crippen molar-refractivity contribution in [1.29, 1.82) is 0 Å². The lowest BCUT2D eigenvalue weighted by molar-refractivity contribution is -0.127. The van der Waals surface area contributed by atoms with Crippen molar-refractivity contribution in [3.63, 3.8) is 0 Å². The average molecular weight is 277 g/mol. The quantitative estimate of drug-likeness (QED) is 0.833. The van der Waals surface area contributed by atoms with Crippen molar-refractivity contribution in [3.8, 4) is 5.75 Å². The lowest BCUT2D eigenvalue weighted by atomic mass is 10.3. The molecular weight excluding hydrogens is 254 g/mol. The molecule has 20 heavy (non-hydrogen) atoms. The molecule has 1 N–H and O–H groups in total. The predicted octanol–water partition coefficient (Wildman–Crippen LogP) is 2.53. The van der Waals surface area contributed by atoms with Gasteiger partial charge in [-0.15, -0.1) is 0 Å². The Morgan fingerprint density at radius 1 is 1.30 bits per heavy atom. The summed E-state index contributed by atoms with van der Waals surface area (Å²) in [5, 5.41) is 2.84. The van der Waals surface area contributed by atoms with Crippen LogP contribution in [0.4, 0.5) is 0 Å². The number of carbonyl (C=O) groups excluding carboxylic acids is 1. The highest BCUT2D eigenvalue weighted by Gasteiger charge is 2.16. The largest absolute Gasteiger partial charge is 0.489 e. The van der Waals surface area contributed by atoms with Crippen LogP contribution in [-0.2, 0) is 9.53 Å². The molecule has 0 heterocycles. The van der Waals surface area contributed by atoms with Gasteiger partial charge in [-0.3, -0.25) is 4.79 Å². The van der Waals surface area contributed by atoms with Gasteiger partial charge in [-0.2, -0.15) is 0 Å². The molecule has 1 aromatic carbocycles. The van der Waals surface area contributed by atoms with Crippen molar-refractivity contribution in [2.45, 2.75) is 44.8 Å². The summed E-state index contributed by atoms with van der Waals surface area (Å²) in [6.07, 6.45) is 4.82. The molecule has 1 aliphatic rings. The minimum absolute atomic E-state index is 0.0622. The zero-order chi connectivity index (χ0) is 14.2. The monoisotopic (exact) mass is 277 g/mol. The van der Waals surface area contributed by atoms with Gasteiger partial charge in [0, 0.05) is 0 Å². The Morgan fingerprint density at radius 2 is 2.00 bits per heavy atom. The van der Waals surface area contributed by atoms with Crippen molar-refractivity contribution in [3.05, 3.63) is 30.3 Å². The summed E-state index contributed by atoms with van der Waals surface area (Å²) in [5.41, 5.74) is 0. The zero-order valence-electron chi connectivity index (χ0n) is 12.0. The summed E-state index contributed by atoms with van der Waals surface area (Å²) in [6, 6.07) is 9.61. The van der Waals surface area contributed by atoms with Gasteiger partial charge in [0.1, 0.15) is 18.5 Å². The van der Waals surface area contributed by atoms with Crippen LogP contribution in [0.2, 0.25) is 0 Å². The highest BCUT2D eigenvalue weighted by molar-refractivity contribution is 5.77. The Balaban J connectivity index is 1.60. The van der Waals surface area contributed by atoms with Crippen molar-refractivity contribution in [2.24, 2.45) is 0 Å². The van der Waals surface area contributed by atoms with E-state index in [2.05, 4.69) is 5.32 Å². The standard InChI is InChI=1S/C16H23NO3/c1-13(20-15-9-3-2-4-10-15)11-17-16(18)12-19-14-7-5-6-8-14/h2-4,9-10,13-14H,5-8,11-12H2,1H3,(H,17,18)/t13-/m1/s1. The number of hydrogen-bond acceptors (Lipinski definition) is 3. The summed E-state index contributed by atoms with van der Waals surface area (Å²) in [6.45, 7) is 2.58. The molecule has 1 saturated carbocycles. The third-order valence-corrected chi connectivity index (χ3v) is 3.42. The van der Waals surface area contributed by atoms with Crippen molar-refractivity contribution in [1.82, 2.24) is 5.32 Å². The van der Waals surface area contributed by atoms with E-state index in [1.807, 2.05) is 37.3 Å². The Morgan fingerprint density at radius 3 is 2.70 bits per heavy atom. The van der Waals surface area contributed by atoms with Gasteiger partial charge in [0.2, 0.25) is 5.91 Å². The summed E-state index contributed by atoms with van der Waals surface area (Å²) in [4.78, 5) is 11.7. The molecule has 110 valence electrons. The maximum Gasteiger partial charge on any atom is 0.246 e. The molecule has 4 nitrogen and oxygen atoms in total. The van der Waals surface area contributed by atoms with Crippen LogP contribution in [0.3, 0.4) is 0 Å². The summed E-state index contributed by atoms with van der Waals surface area (Å²) in [5.74, 6) is 0.747. The molecule has 1 amide bonds. The molecule has 0 bridgehead atoms. The van der Waals surface area contributed by atoms with Crippen molar-refractivity contribution >= 4 is 5.91 Å². The van der Waals surface area contributed by atoms with Gasteiger partial charge in [0.15, 0.2) is 0 Å². The topological polar surface area (TPSA) is 47.6 Å². The van der Waals surface area contributed by atoms with Gasteiger partial charge in [-0.05, 0) is 31.9 Å². The molecule has 0 unspecified atom stereocenters. The fraction of sp³-hybridized carbons (Fsp3) is 0.562. The van der Waals surface area contributed by atoms with Crippen LogP contribution in [0.1, 0.15) is 32.6 Å². The van der Waals surface area contributed by atoms with E-state index in [0.717, 1.165) is 18.6 Å². The fourth-order valence-electron chi connectivity index (χ4n) is 2.33. The number of nitrogens with one attached hydrogen (secondary N) is 1. The summed E-state index contributed by atoms with van der Waals surface area (Å²) >= 11 is 0. The predicted molar refractivity (Wildman–Crippen MR) is 77.7 cm³/mol. The number of benzene rings is 1. The molecule has 0 radical (unpaired) electrons. The maximum atomic E-state index is 11.7. The molecule has 1 aliphatic carbocycles. The first kappa shape index (κ1) is 14.9. The number of amides is 1. The van der Waals surface area contributed by atoms with E-state index in [9.17, 15) is 4.79 Å². The minimum atomic E-state index is -0.0691. The molecule has 0 aliphatic heterocycles. The van der Waals surface area contributed by atoms with Crippen molar-refractivity contribution < 1.29 is 14.3 Å². The molecule has 0 saturated heterocycles. The molecule has 1 fully saturated rings. The third kappa shape index (κ3) is 5.21. The second kappa shape index (κ2) is 7.90. The Kier molecular flexibility index (Phi) is 5.87. The lowest BCUT2D eigenvalue weighted by Crippen LogP contribution is -2.36. The van der Waals surface area contributed by atoms with E-state index in [4.69, 9.17) is 9.47 Å². The fourth-order valence-corrected chi connectivity index (χ4v) is 2.33. The van der Waals surface area contributed by atoms with E-state index in [1.54, 1.807) is 0 Å². The smallest absolute Gasteiger partial charge is 0.246 e. The maximum absolute atomic E-state index is 11.7. The van der Waals surface area contributed by atoms with Crippen LogP contribution in [0.15, 0.2) is 30.3 Å². The van der Waals surface area contributed by atoms with E-state index in [0.29, 0.717) is 6.54 Å². The van der Waals surface area contributed by atoms with E-state index < -0.39 is 0 Å². The van der Waals surface area contributed by atoms with E-state index in [1.165, 1.54) is 12.8 Å². The first-order valence-electron chi connectivity index (χ1n) is 7.34. The Bertz CT molecular complexity index is 401. The molecule has 4 heteroatoms. The third-order valence-electron chi connectivity index (χ3n) is 3.42. The van der Waals surface area contributed by atoms with Crippen LogP contribution in [0.25, 0.3) is 0 Å². The Labute approximate surface area is 120 Å². The van der Waals surface area contributed by atoms with Crippen LogP contribution in [-0.4, -0.2) is 31.3 Å². The molecule has 1 aromatic rings. The average Bonchev–Trinajstić information content (AvgIpc) is 2.97. The number of para-hydroxylation sites is 1. The number of carbonyl (C=O) groups is 1. The lowest BCUT2D eigenvalue weighted by Gasteiger charge is -2.16. The van der Waals surface area contributed by atoms with Gasteiger partial charge in [-0.1, -0.05) is 31.0 Å². The van der Waals surface area contributed by atoms with Gasteiger partial charge in [0.05, 0.1) is 12.6 Å². The van der Waals surface area contributed by atoms with Crippen LogP contribution in [0, 0.1) is 0 Å². The second-order valence-electron chi connectivity index (χ2n) is 5.26. The summed E-state index contributed by atoms with van der Waals surface area (Å²) < 4.78 is 11.2. The van der Waals surface area contributed by atoms with Crippen LogP contribution in [0.5, 0.6) is 5.75 Å². The van der Waals surface area contributed by atoms with Crippen LogP contribution < -0.4 is 10.1 Å². The summed E-state index contributed by atoms with van der Waals surface area (Å²) in [7, 11) is 0. The number of hydrogen-bond donors (Lipinski definition) is 1. The minimum Gasteiger partial charge on any atom is -0.489 e. The first-order chi connectivity index (χ1) is 9.74. The molecule has 0 aromatic heterocycles. The number of ether oxygens (including phenoxy) is 2. The molecule has 0 spiro atoms. The Hall–Kier alpha value is -1.55. The van der Waals surface area contributed by atoms with Crippen LogP contribution >= 0.6 is 0 Å². The SMILES string of the molecule is C[C@H](CNC(=O)COC1CCCC1)Oc1ccccc1. The first-order valence-corrected chi connectivity index (χ1v) is 7.34. The second-order valence-corrected chi connectivity index (χ2v) is 5.26. The van der Waals surface area contributed by atoms with E-state index in [-0.39, 0.29) is 24.7 Å². The van der Waals surface area contributed by atoms with Gasteiger partial charge in [-0.25, -0.2) is 0 Å². The normalized spacial score (nSPS) is 16.9. The zero-order valence-corrected chi connectivity index (χ0v) is 12.0. The molecule has 1 atom stereocenters.